The molecule has 0 N–H and O–H groups in total. The zero-order valence-electron chi connectivity index (χ0n) is 28.2. The van der Waals surface area contributed by atoms with Crippen molar-refractivity contribution in [2.45, 2.75) is 0 Å². The lowest BCUT2D eigenvalue weighted by atomic mass is 9.94. The fourth-order valence-electron chi connectivity index (χ4n) is 7.39. The fraction of sp³-hybridized carbons (Fsp3) is 0. The number of nitrogens with zero attached hydrogens (tertiary/aromatic N) is 3. The van der Waals surface area contributed by atoms with Crippen LogP contribution in [0, 0.1) is 0 Å². The van der Waals surface area contributed by atoms with E-state index in [0.717, 1.165) is 61.4 Å². The molecule has 8 aromatic carbocycles. The summed E-state index contributed by atoms with van der Waals surface area (Å²) in [5.74, 6) is 0.672. The van der Waals surface area contributed by atoms with Crippen LogP contribution >= 0.6 is 0 Å². The van der Waals surface area contributed by atoms with Crippen molar-refractivity contribution in [2.75, 3.05) is 0 Å². The van der Waals surface area contributed by atoms with Gasteiger partial charge in [0.2, 0.25) is 0 Å². The SMILES string of the molecule is c1ccc(-c2cc(-c3cccc(-c4nc(-c5ccc6ccccc6c5)cc(-c5ccc6ccccc6c5)n4)c3)nc3ccc4ccccc4c23)cc1. The fourth-order valence-corrected chi connectivity index (χ4v) is 7.39. The van der Waals surface area contributed by atoms with E-state index in [2.05, 4.69) is 188 Å². The molecular weight excluding hydrogens is 631 g/mol. The Morgan fingerprint density at radius 3 is 1.50 bits per heavy atom. The van der Waals surface area contributed by atoms with Crippen LogP contribution in [0.2, 0.25) is 0 Å². The van der Waals surface area contributed by atoms with E-state index in [1.165, 1.54) is 32.3 Å². The van der Waals surface area contributed by atoms with Gasteiger partial charge in [0.05, 0.1) is 22.6 Å². The monoisotopic (exact) mass is 661 g/mol. The van der Waals surface area contributed by atoms with Crippen molar-refractivity contribution in [2.24, 2.45) is 0 Å². The average Bonchev–Trinajstić information content (AvgIpc) is 3.23. The zero-order chi connectivity index (χ0) is 34.4. The summed E-state index contributed by atoms with van der Waals surface area (Å²) in [6, 6.07) is 66.3. The van der Waals surface area contributed by atoms with E-state index in [1.54, 1.807) is 0 Å². The van der Waals surface area contributed by atoms with Gasteiger partial charge in [-0.05, 0) is 79.8 Å². The lowest BCUT2D eigenvalue weighted by Crippen LogP contribution is -1.97. The summed E-state index contributed by atoms with van der Waals surface area (Å²) in [6.07, 6.45) is 0. The first kappa shape index (κ1) is 29.9. The third-order valence-corrected chi connectivity index (χ3v) is 10.0. The van der Waals surface area contributed by atoms with Crippen LogP contribution < -0.4 is 0 Å². The van der Waals surface area contributed by atoms with Gasteiger partial charge in [-0.2, -0.15) is 0 Å². The molecule has 0 aliphatic rings. The van der Waals surface area contributed by atoms with Crippen LogP contribution in [0.4, 0.5) is 0 Å². The smallest absolute Gasteiger partial charge is 0.160 e. The first-order valence-corrected chi connectivity index (χ1v) is 17.6. The number of hydrogen-bond donors (Lipinski definition) is 0. The second-order valence-corrected chi connectivity index (χ2v) is 13.3. The first-order chi connectivity index (χ1) is 25.7. The van der Waals surface area contributed by atoms with Gasteiger partial charge in [0.1, 0.15) is 0 Å². The number of aromatic nitrogens is 3. The predicted molar refractivity (Wildman–Crippen MR) is 217 cm³/mol. The highest BCUT2D eigenvalue weighted by atomic mass is 14.9. The van der Waals surface area contributed by atoms with Crippen LogP contribution in [-0.2, 0) is 0 Å². The highest BCUT2D eigenvalue weighted by Crippen LogP contribution is 2.38. The minimum atomic E-state index is 0.672. The Kier molecular flexibility index (Phi) is 7.14. The molecule has 3 nitrogen and oxygen atoms in total. The van der Waals surface area contributed by atoms with Gasteiger partial charge < -0.3 is 0 Å². The number of hydrogen-bond acceptors (Lipinski definition) is 3. The summed E-state index contributed by atoms with van der Waals surface area (Å²) in [4.78, 5) is 15.7. The van der Waals surface area contributed by atoms with E-state index in [0.29, 0.717) is 5.82 Å². The van der Waals surface area contributed by atoms with Gasteiger partial charge in [-0.25, -0.2) is 15.0 Å². The van der Waals surface area contributed by atoms with Crippen LogP contribution in [-0.4, -0.2) is 15.0 Å². The minimum Gasteiger partial charge on any atom is -0.248 e. The van der Waals surface area contributed by atoms with Crippen molar-refractivity contribution >= 4 is 43.2 Å². The molecule has 0 saturated carbocycles. The molecule has 0 aliphatic heterocycles. The van der Waals surface area contributed by atoms with Gasteiger partial charge >= 0.3 is 0 Å². The molecule has 0 bridgehead atoms. The third kappa shape index (κ3) is 5.37. The molecule has 2 heterocycles. The lowest BCUT2D eigenvalue weighted by Gasteiger charge is -2.14. The Morgan fingerprint density at radius 2 is 0.808 bits per heavy atom. The summed E-state index contributed by atoms with van der Waals surface area (Å²) >= 11 is 0. The summed E-state index contributed by atoms with van der Waals surface area (Å²) < 4.78 is 0. The van der Waals surface area contributed by atoms with E-state index in [9.17, 15) is 0 Å². The van der Waals surface area contributed by atoms with Crippen LogP contribution in [0.15, 0.2) is 188 Å². The third-order valence-electron chi connectivity index (χ3n) is 10.0. The van der Waals surface area contributed by atoms with E-state index in [4.69, 9.17) is 15.0 Å². The highest BCUT2D eigenvalue weighted by molar-refractivity contribution is 6.13. The molecule has 0 radical (unpaired) electrons. The molecule has 10 rings (SSSR count). The molecule has 3 heteroatoms. The predicted octanol–water partition coefficient (Wildman–Crippen LogP) is 12.8. The molecule has 52 heavy (non-hydrogen) atoms. The molecule has 0 atom stereocenters. The van der Waals surface area contributed by atoms with Crippen molar-refractivity contribution < 1.29 is 0 Å². The van der Waals surface area contributed by atoms with Crippen molar-refractivity contribution in [1.82, 2.24) is 15.0 Å². The van der Waals surface area contributed by atoms with E-state index >= 15 is 0 Å². The molecule has 0 aliphatic carbocycles. The largest absolute Gasteiger partial charge is 0.248 e. The van der Waals surface area contributed by atoms with Gasteiger partial charge in [0.15, 0.2) is 5.82 Å². The van der Waals surface area contributed by atoms with Crippen LogP contribution in [0.3, 0.4) is 0 Å². The highest BCUT2D eigenvalue weighted by Gasteiger charge is 2.16. The average molecular weight is 662 g/mol. The number of rotatable bonds is 5. The molecule has 0 spiro atoms. The van der Waals surface area contributed by atoms with Crippen LogP contribution in [0.25, 0.3) is 99.5 Å². The van der Waals surface area contributed by atoms with E-state index < -0.39 is 0 Å². The normalized spacial score (nSPS) is 11.5. The lowest BCUT2D eigenvalue weighted by molar-refractivity contribution is 1.18. The Hall–Kier alpha value is -6.97. The first-order valence-electron chi connectivity index (χ1n) is 17.6. The Morgan fingerprint density at radius 1 is 0.288 bits per heavy atom. The molecule has 2 aromatic heterocycles. The summed E-state index contributed by atoms with van der Waals surface area (Å²) in [5.41, 5.74) is 10.0. The molecule has 10 aromatic rings. The molecule has 0 saturated heterocycles. The molecule has 0 fully saturated rings. The summed E-state index contributed by atoms with van der Waals surface area (Å²) in [5, 5.41) is 8.33. The van der Waals surface area contributed by atoms with Gasteiger partial charge in [0.25, 0.3) is 0 Å². The standard InChI is InChI=1S/C49H31N3/c1-2-13-34(14-3-1)43-30-45(50-44-26-25-35-15-8-9-20-42(35)48(43)44)38-18-10-19-41(29-38)49-51-46(39-23-21-32-11-4-6-16-36(32)27-39)31-47(52-49)40-24-22-33-12-5-7-17-37(33)28-40/h1-31H. The number of fused-ring (bicyclic) bond motifs is 5. The second kappa shape index (κ2) is 12.4. The summed E-state index contributed by atoms with van der Waals surface area (Å²) in [7, 11) is 0. The van der Waals surface area contributed by atoms with E-state index in [-0.39, 0.29) is 0 Å². The van der Waals surface area contributed by atoms with Gasteiger partial charge in [-0.1, -0.05) is 152 Å². The van der Waals surface area contributed by atoms with Gasteiger partial charge in [-0.3, -0.25) is 0 Å². The quantitative estimate of drug-likeness (QED) is 0.172. The second-order valence-electron chi connectivity index (χ2n) is 13.3. The Balaban J connectivity index is 1.15. The molecule has 242 valence electrons. The van der Waals surface area contributed by atoms with Crippen molar-refractivity contribution in [3.8, 4) is 56.3 Å². The Labute approximate surface area is 301 Å². The molecule has 0 amide bonds. The Bertz CT molecular complexity index is 2870. The molecule has 0 unspecified atom stereocenters. The topological polar surface area (TPSA) is 38.7 Å². The zero-order valence-corrected chi connectivity index (χ0v) is 28.2. The van der Waals surface area contributed by atoms with Crippen molar-refractivity contribution in [3.05, 3.63) is 188 Å². The maximum atomic E-state index is 5.26. The maximum absolute atomic E-state index is 5.26. The van der Waals surface area contributed by atoms with Gasteiger partial charge in [0, 0.05) is 27.6 Å². The van der Waals surface area contributed by atoms with Crippen LogP contribution in [0.1, 0.15) is 0 Å². The van der Waals surface area contributed by atoms with Gasteiger partial charge in [-0.15, -0.1) is 0 Å². The van der Waals surface area contributed by atoms with Crippen LogP contribution in [0.5, 0.6) is 0 Å². The maximum Gasteiger partial charge on any atom is 0.160 e. The minimum absolute atomic E-state index is 0.672. The summed E-state index contributed by atoms with van der Waals surface area (Å²) in [6.45, 7) is 0. The van der Waals surface area contributed by atoms with E-state index in [1.807, 2.05) is 0 Å². The number of benzene rings is 8. The molecular formula is C49H31N3. The number of pyridine rings is 1. The van der Waals surface area contributed by atoms with Crippen molar-refractivity contribution in [3.63, 3.8) is 0 Å². The van der Waals surface area contributed by atoms with Crippen molar-refractivity contribution in [1.29, 1.82) is 0 Å².